The summed E-state index contributed by atoms with van der Waals surface area (Å²) in [6.07, 6.45) is 6.04. The Morgan fingerprint density at radius 1 is 0.960 bits per heavy atom. The second kappa shape index (κ2) is 6.91. The van der Waals surface area contributed by atoms with E-state index in [0.29, 0.717) is 12.8 Å². The van der Waals surface area contributed by atoms with Crippen LogP contribution in [0.4, 0.5) is 0 Å². The van der Waals surface area contributed by atoms with Gasteiger partial charge < -0.3 is 5.43 Å². The minimum Gasteiger partial charge on any atom is -0.437 e. The fourth-order valence-corrected chi connectivity index (χ4v) is 6.15. The van der Waals surface area contributed by atoms with Crippen LogP contribution in [-0.2, 0) is 19.7 Å². The van der Waals surface area contributed by atoms with E-state index in [1.165, 1.54) is 12.1 Å². The minimum atomic E-state index is -3.91. The molecule has 0 radical (unpaired) electrons. The molecule has 0 aromatic heterocycles. The van der Waals surface area contributed by atoms with Crippen molar-refractivity contribution in [1.82, 2.24) is 0 Å². The Morgan fingerprint density at radius 3 is 2.20 bits per heavy atom. The van der Waals surface area contributed by atoms with E-state index in [9.17, 15) is 22.0 Å². The maximum absolute atomic E-state index is 12.7. The maximum atomic E-state index is 12.7. The molecule has 9 heteroatoms. The molecular formula is C16H20N2O5S2. The number of sulfone groups is 2. The second-order valence-electron chi connectivity index (χ2n) is 6.09. The van der Waals surface area contributed by atoms with E-state index in [1.54, 1.807) is 18.2 Å². The molecule has 2 N–H and O–H groups in total. The Kier molecular flexibility index (Phi) is 5.01. The molecule has 1 aromatic rings. The third-order valence-electron chi connectivity index (χ3n) is 4.44. The molecule has 1 aliphatic carbocycles. The molecule has 0 spiro atoms. The van der Waals surface area contributed by atoms with Crippen molar-refractivity contribution in [3.05, 3.63) is 58.0 Å². The van der Waals surface area contributed by atoms with Gasteiger partial charge in [-0.25, -0.2) is 22.0 Å². The van der Waals surface area contributed by atoms with Crippen molar-refractivity contribution in [3.8, 4) is 0 Å². The summed E-state index contributed by atoms with van der Waals surface area (Å²) in [5.74, 6) is 0. The highest BCUT2D eigenvalue weighted by molar-refractivity contribution is 7.96. The molecule has 2 aliphatic rings. The SMILES string of the molecule is O=S(=O)(C1=CC=C(S(=O)(=O)C2CCCCC2)[NH+](O)[N-]1)c1ccccc1. The van der Waals surface area contributed by atoms with E-state index in [-0.39, 0.29) is 15.0 Å². The van der Waals surface area contributed by atoms with Crippen molar-refractivity contribution >= 4 is 19.7 Å². The number of hydrogen-bond donors (Lipinski definition) is 2. The zero-order valence-electron chi connectivity index (χ0n) is 13.5. The van der Waals surface area contributed by atoms with E-state index in [1.807, 2.05) is 0 Å². The monoisotopic (exact) mass is 384 g/mol. The van der Waals surface area contributed by atoms with E-state index in [0.717, 1.165) is 31.4 Å². The predicted molar refractivity (Wildman–Crippen MR) is 91.7 cm³/mol. The van der Waals surface area contributed by atoms with Crippen LogP contribution in [0.15, 0.2) is 57.4 Å². The first-order valence-electron chi connectivity index (χ1n) is 8.07. The Hall–Kier alpha value is -1.68. The maximum Gasteiger partial charge on any atom is 0.250 e. The van der Waals surface area contributed by atoms with Crippen molar-refractivity contribution in [2.45, 2.75) is 42.2 Å². The number of quaternary nitrogens is 1. The molecule has 0 saturated heterocycles. The van der Waals surface area contributed by atoms with Crippen molar-refractivity contribution in [2.24, 2.45) is 0 Å². The molecule has 1 atom stereocenters. The van der Waals surface area contributed by atoms with Crippen molar-refractivity contribution in [1.29, 1.82) is 0 Å². The lowest BCUT2D eigenvalue weighted by Crippen LogP contribution is -3.05. The Labute approximate surface area is 147 Å². The van der Waals surface area contributed by atoms with Gasteiger partial charge in [0.1, 0.15) is 0 Å². The lowest BCUT2D eigenvalue weighted by Gasteiger charge is -2.32. The summed E-state index contributed by atoms with van der Waals surface area (Å²) in [5, 5.41) is 8.13. The Bertz CT molecular complexity index is 899. The normalized spacial score (nSPS) is 22.7. The fourth-order valence-electron chi connectivity index (χ4n) is 3.07. The summed E-state index contributed by atoms with van der Waals surface area (Å²) in [6.45, 7) is 0. The van der Waals surface area contributed by atoms with E-state index < -0.39 is 30.1 Å². The number of nitrogens with zero attached hydrogens (tertiary/aromatic N) is 1. The van der Waals surface area contributed by atoms with Gasteiger partial charge in [0.05, 0.1) is 10.1 Å². The number of hydroxylamine groups is 1. The predicted octanol–water partition coefficient (Wildman–Crippen LogP) is 1.47. The van der Waals surface area contributed by atoms with Gasteiger partial charge in [-0.15, -0.1) is 0 Å². The average molecular weight is 384 g/mol. The fraction of sp³-hybridized carbons (Fsp3) is 0.375. The van der Waals surface area contributed by atoms with Crippen LogP contribution in [-0.4, -0.2) is 27.3 Å². The first-order chi connectivity index (χ1) is 11.8. The van der Waals surface area contributed by atoms with Crippen LogP contribution >= 0.6 is 0 Å². The van der Waals surface area contributed by atoms with Crippen LogP contribution in [0, 0.1) is 0 Å². The molecule has 0 amide bonds. The largest absolute Gasteiger partial charge is 0.437 e. The number of nitrogens with one attached hydrogen (secondary N) is 1. The van der Waals surface area contributed by atoms with Crippen LogP contribution in [0.25, 0.3) is 5.43 Å². The highest BCUT2D eigenvalue weighted by Gasteiger charge is 2.37. The standard InChI is InChI=1S/C16H20N2O5S2/c19-18-16(25(22,23)14-9-5-2-6-10-14)12-11-15(17-18)24(20,21)13-7-3-1-4-8-13/h1,3-4,7-8,11-12,14,18-19H,2,5-6,9-10H2. The molecule has 1 saturated carbocycles. The van der Waals surface area contributed by atoms with Gasteiger partial charge in [0.2, 0.25) is 9.84 Å². The Morgan fingerprint density at radius 2 is 1.60 bits per heavy atom. The van der Waals surface area contributed by atoms with Gasteiger partial charge in [0.25, 0.3) is 5.03 Å². The topological polar surface area (TPSA) is 107 Å². The Balaban J connectivity index is 1.93. The van der Waals surface area contributed by atoms with E-state index in [4.69, 9.17) is 0 Å². The van der Waals surface area contributed by atoms with Crippen LogP contribution in [0.3, 0.4) is 0 Å². The van der Waals surface area contributed by atoms with Gasteiger partial charge >= 0.3 is 0 Å². The first kappa shape index (κ1) is 18.1. The number of hydrogen-bond acceptors (Lipinski definition) is 5. The smallest absolute Gasteiger partial charge is 0.250 e. The van der Waals surface area contributed by atoms with Gasteiger partial charge in [0.15, 0.2) is 9.84 Å². The first-order valence-corrected chi connectivity index (χ1v) is 11.1. The quantitative estimate of drug-likeness (QED) is 0.817. The second-order valence-corrected chi connectivity index (χ2v) is 10.2. The van der Waals surface area contributed by atoms with Gasteiger partial charge in [-0.05, 0) is 25.0 Å². The third kappa shape index (κ3) is 3.50. The van der Waals surface area contributed by atoms with Gasteiger partial charge in [-0.1, -0.05) is 43.5 Å². The van der Waals surface area contributed by atoms with E-state index in [2.05, 4.69) is 5.43 Å². The van der Waals surface area contributed by atoms with Crippen LogP contribution in [0.1, 0.15) is 32.1 Å². The van der Waals surface area contributed by atoms with Crippen LogP contribution < -0.4 is 5.17 Å². The lowest BCUT2D eigenvalue weighted by molar-refractivity contribution is -1.02. The number of rotatable bonds is 4. The highest BCUT2D eigenvalue weighted by atomic mass is 32.2. The third-order valence-corrected chi connectivity index (χ3v) is 8.39. The molecule has 136 valence electrons. The molecule has 7 nitrogen and oxygen atoms in total. The molecular weight excluding hydrogens is 364 g/mol. The summed E-state index contributed by atoms with van der Waals surface area (Å²) >= 11 is 0. The van der Waals surface area contributed by atoms with Gasteiger partial charge in [-0.3, -0.25) is 0 Å². The molecule has 0 bridgehead atoms. The average Bonchev–Trinajstić information content (AvgIpc) is 2.63. The molecule has 1 unspecified atom stereocenters. The zero-order valence-corrected chi connectivity index (χ0v) is 15.1. The molecule has 1 fully saturated rings. The van der Waals surface area contributed by atoms with Crippen molar-refractivity contribution in [3.63, 3.8) is 0 Å². The van der Waals surface area contributed by atoms with Gasteiger partial charge in [0, 0.05) is 11.1 Å². The lowest BCUT2D eigenvalue weighted by atomic mass is 10.0. The number of allylic oxidation sites excluding steroid dienone is 2. The summed E-state index contributed by atoms with van der Waals surface area (Å²) < 4.78 is 50.4. The summed E-state index contributed by atoms with van der Waals surface area (Å²) in [6, 6.07) is 7.68. The minimum absolute atomic E-state index is 0.0322. The molecule has 3 rings (SSSR count). The molecule has 1 heterocycles. The summed E-state index contributed by atoms with van der Waals surface area (Å²) in [7, 11) is -7.64. The van der Waals surface area contributed by atoms with Gasteiger partial charge in [-0.2, -0.15) is 5.17 Å². The molecule has 1 aromatic carbocycles. The highest BCUT2D eigenvalue weighted by Crippen LogP contribution is 2.29. The van der Waals surface area contributed by atoms with Crippen molar-refractivity contribution in [2.75, 3.05) is 0 Å². The molecule has 1 aliphatic heterocycles. The van der Waals surface area contributed by atoms with E-state index >= 15 is 0 Å². The van der Waals surface area contributed by atoms with Crippen LogP contribution in [0.5, 0.6) is 0 Å². The zero-order chi connectivity index (χ0) is 18.1. The van der Waals surface area contributed by atoms with Crippen LogP contribution in [0.2, 0.25) is 0 Å². The molecule has 25 heavy (non-hydrogen) atoms. The number of benzene rings is 1. The summed E-state index contributed by atoms with van der Waals surface area (Å²) in [5.41, 5.74) is 3.67. The summed E-state index contributed by atoms with van der Waals surface area (Å²) in [4.78, 5) is 0.0322. The van der Waals surface area contributed by atoms with Crippen molar-refractivity contribution < 1.29 is 27.2 Å².